The van der Waals surface area contributed by atoms with Crippen molar-refractivity contribution in [3.63, 3.8) is 0 Å². The zero-order chi connectivity index (χ0) is 16.7. The molecule has 0 radical (unpaired) electrons. The highest BCUT2D eigenvalue weighted by atomic mass is 127. The van der Waals surface area contributed by atoms with E-state index in [0.29, 0.717) is 24.1 Å². The number of methoxy groups -OCH3 is 1. The van der Waals surface area contributed by atoms with Gasteiger partial charge in [-0.05, 0) is 37.0 Å². The van der Waals surface area contributed by atoms with E-state index in [1.165, 1.54) is 6.42 Å². The second-order valence-electron chi connectivity index (χ2n) is 5.72. The van der Waals surface area contributed by atoms with Crippen molar-refractivity contribution in [3.8, 4) is 11.5 Å². The summed E-state index contributed by atoms with van der Waals surface area (Å²) in [5, 5.41) is 15.5. The summed E-state index contributed by atoms with van der Waals surface area (Å²) >= 11 is 0. The highest BCUT2D eigenvalue weighted by molar-refractivity contribution is 14.0. The van der Waals surface area contributed by atoms with Gasteiger partial charge in [0.1, 0.15) is 6.61 Å². The van der Waals surface area contributed by atoms with E-state index >= 15 is 0 Å². The first-order valence-corrected chi connectivity index (χ1v) is 8.13. The van der Waals surface area contributed by atoms with Gasteiger partial charge in [-0.1, -0.05) is 13.0 Å². The molecule has 0 heterocycles. The monoisotopic (exact) mass is 449 g/mol. The van der Waals surface area contributed by atoms with Gasteiger partial charge in [-0.15, -0.1) is 24.0 Å². The first-order valence-electron chi connectivity index (χ1n) is 8.13. The Morgan fingerprint density at radius 1 is 1.38 bits per heavy atom. The topological polar surface area (TPSA) is 75.1 Å². The summed E-state index contributed by atoms with van der Waals surface area (Å²) < 4.78 is 10.8. The number of hydrogen-bond donors (Lipinski definition) is 3. The highest BCUT2D eigenvalue weighted by Crippen LogP contribution is 2.29. The van der Waals surface area contributed by atoms with Crippen molar-refractivity contribution >= 4 is 29.9 Å². The van der Waals surface area contributed by atoms with Gasteiger partial charge in [0.25, 0.3) is 0 Å². The van der Waals surface area contributed by atoms with Crippen molar-refractivity contribution in [1.29, 1.82) is 0 Å². The number of aliphatic imine (C=N–C) groups is 1. The predicted octanol–water partition coefficient (Wildman–Crippen LogP) is 2.15. The molecule has 136 valence electrons. The maximum atomic E-state index is 8.84. The average Bonchev–Trinajstić information content (AvgIpc) is 3.26. The lowest BCUT2D eigenvalue weighted by atomic mass is 10.2. The Morgan fingerprint density at radius 3 is 2.71 bits per heavy atom. The Labute approximate surface area is 161 Å². The number of rotatable bonds is 8. The van der Waals surface area contributed by atoms with Crippen LogP contribution in [0, 0.1) is 5.92 Å². The summed E-state index contributed by atoms with van der Waals surface area (Å²) in [5.41, 5.74) is 1.04. The molecule has 3 N–H and O–H groups in total. The zero-order valence-electron chi connectivity index (χ0n) is 14.5. The number of nitrogens with zero attached hydrogens (tertiary/aromatic N) is 1. The van der Waals surface area contributed by atoms with Crippen LogP contribution in [0.25, 0.3) is 0 Å². The van der Waals surface area contributed by atoms with Gasteiger partial charge >= 0.3 is 0 Å². The van der Waals surface area contributed by atoms with E-state index in [1.54, 1.807) is 7.11 Å². The molecule has 1 aromatic carbocycles. The van der Waals surface area contributed by atoms with Gasteiger partial charge in [0.05, 0.1) is 20.3 Å². The van der Waals surface area contributed by atoms with Gasteiger partial charge in [-0.25, -0.2) is 4.99 Å². The molecule has 0 spiro atoms. The van der Waals surface area contributed by atoms with Crippen molar-refractivity contribution in [1.82, 2.24) is 10.6 Å². The van der Waals surface area contributed by atoms with Crippen LogP contribution >= 0.6 is 24.0 Å². The van der Waals surface area contributed by atoms with E-state index in [-0.39, 0.29) is 37.2 Å². The minimum absolute atomic E-state index is 0. The minimum atomic E-state index is -0.0213. The molecule has 0 aromatic heterocycles. The number of aliphatic hydroxyl groups excluding tert-OH is 1. The van der Waals surface area contributed by atoms with Crippen molar-refractivity contribution in [3.05, 3.63) is 23.8 Å². The molecule has 1 saturated carbocycles. The number of aliphatic hydroxyl groups is 1. The molecule has 2 unspecified atom stereocenters. The average molecular weight is 449 g/mol. The molecular weight excluding hydrogens is 421 g/mol. The van der Waals surface area contributed by atoms with Gasteiger partial charge in [0.15, 0.2) is 17.5 Å². The molecule has 0 saturated heterocycles. The van der Waals surface area contributed by atoms with E-state index < -0.39 is 0 Å². The maximum Gasteiger partial charge on any atom is 0.191 e. The molecule has 6 nitrogen and oxygen atoms in total. The van der Waals surface area contributed by atoms with Crippen LogP contribution in [0.5, 0.6) is 11.5 Å². The van der Waals surface area contributed by atoms with Crippen LogP contribution in [0.15, 0.2) is 23.2 Å². The molecule has 2 rings (SSSR count). The number of halogens is 1. The van der Waals surface area contributed by atoms with Crippen molar-refractivity contribution in [2.75, 3.05) is 26.9 Å². The van der Waals surface area contributed by atoms with Gasteiger partial charge < -0.3 is 25.2 Å². The number of nitrogens with one attached hydrogen (secondary N) is 2. The predicted molar refractivity (Wildman–Crippen MR) is 107 cm³/mol. The van der Waals surface area contributed by atoms with E-state index in [4.69, 9.17) is 14.6 Å². The van der Waals surface area contributed by atoms with E-state index in [9.17, 15) is 0 Å². The first-order chi connectivity index (χ1) is 11.2. The Bertz CT molecular complexity index is 540. The molecule has 24 heavy (non-hydrogen) atoms. The fourth-order valence-corrected chi connectivity index (χ4v) is 2.27. The quantitative estimate of drug-likeness (QED) is 0.322. The molecule has 7 heteroatoms. The third-order valence-electron chi connectivity index (χ3n) is 3.77. The number of guanidine groups is 1. The SMILES string of the molecule is CCNC(=NCc1ccc(OCCO)c(OC)c1)NC1CC1C.I. The van der Waals surface area contributed by atoms with E-state index in [0.717, 1.165) is 24.0 Å². The lowest BCUT2D eigenvalue weighted by Gasteiger charge is -2.12. The third-order valence-corrected chi connectivity index (χ3v) is 3.77. The molecule has 1 aromatic rings. The lowest BCUT2D eigenvalue weighted by Crippen LogP contribution is -2.39. The number of ether oxygens (including phenoxy) is 2. The summed E-state index contributed by atoms with van der Waals surface area (Å²) in [5.74, 6) is 2.86. The van der Waals surface area contributed by atoms with Crippen molar-refractivity contribution < 1.29 is 14.6 Å². The molecule has 1 aliphatic rings. The van der Waals surface area contributed by atoms with Crippen LogP contribution in [0.1, 0.15) is 25.8 Å². The van der Waals surface area contributed by atoms with E-state index in [1.807, 2.05) is 18.2 Å². The summed E-state index contributed by atoms with van der Waals surface area (Å²) in [4.78, 5) is 4.62. The summed E-state index contributed by atoms with van der Waals surface area (Å²) in [6.45, 7) is 5.92. The minimum Gasteiger partial charge on any atom is -0.493 e. The molecule has 0 bridgehead atoms. The molecule has 2 atom stereocenters. The van der Waals surface area contributed by atoms with Crippen LogP contribution in [0.3, 0.4) is 0 Å². The van der Waals surface area contributed by atoms with Crippen LogP contribution in [0.4, 0.5) is 0 Å². The second kappa shape index (κ2) is 10.6. The molecule has 0 aliphatic heterocycles. The van der Waals surface area contributed by atoms with Gasteiger partial charge in [-0.3, -0.25) is 0 Å². The van der Waals surface area contributed by atoms with Crippen LogP contribution in [-0.4, -0.2) is 44.0 Å². The molecule has 0 amide bonds. The number of hydrogen-bond acceptors (Lipinski definition) is 4. The zero-order valence-corrected chi connectivity index (χ0v) is 16.9. The van der Waals surface area contributed by atoms with Crippen LogP contribution in [0.2, 0.25) is 0 Å². The van der Waals surface area contributed by atoms with Crippen LogP contribution < -0.4 is 20.1 Å². The van der Waals surface area contributed by atoms with Crippen molar-refractivity contribution in [2.45, 2.75) is 32.9 Å². The highest BCUT2D eigenvalue weighted by Gasteiger charge is 2.33. The third kappa shape index (κ3) is 6.35. The fourth-order valence-electron chi connectivity index (χ4n) is 2.27. The Kier molecular flexibility index (Phi) is 9.20. The Morgan fingerprint density at radius 2 is 2.12 bits per heavy atom. The summed E-state index contributed by atoms with van der Waals surface area (Å²) in [6.07, 6.45) is 1.20. The molecular formula is C17H28IN3O3. The maximum absolute atomic E-state index is 8.84. The first kappa shape index (κ1) is 20.8. The molecule has 1 fully saturated rings. The number of benzene rings is 1. The normalized spacial score (nSPS) is 19.2. The van der Waals surface area contributed by atoms with Gasteiger partial charge in [0, 0.05) is 12.6 Å². The summed E-state index contributed by atoms with van der Waals surface area (Å²) in [6, 6.07) is 6.26. The van der Waals surface area contributed by atoms with Crippen LogP contribution in [-0.2, 0) is 6.54 Å². The smallest absolute Gasteiger partial charge is 0.191 e. The second-order valence-corrected chi connectivity index (χ2v) is 5.72. The van der Waals surface area contributed by atoms with Crippen molar-refractivity contribution in [2.24, 2.45) is 10.9 Å². The fraction of sp³-hybridized carbons (Fsp3) is 0.588. The Hall–Kier alpha value is -1.22. The van der Waals surface area contributed by atoms with Gasteiger partial charge in [-0.2, -0.15) is 0 Å². The largest absolute Gasteiger partial charge is 0.493 e. The Balaban J connectivity index is 0.00000288. The van der Waals surface area contributed by atoms with E-state index in [2.05, 4.69) is 29.5 Å². The van der Waals surface area contributed by atoms with Gasteiger partial charge in [0.2, 0.25) is 0 Å². The summed E-state index contributed by atoms with van der Waals surface area (Å²) in [7, 11) is 1.61. The molecule has 1 aliphatic carbocycles. The standard InChI is InChI=1S/C17H27N3O3.HI/c1-4-18-17(20-14-9-12(14)2)19-11-13-5-6-15(23-8-7-21)16(10-13)22-3;/h5-6,10,12,14,21H,4,7-9,11H2,1-3H3,(H2,18,19,20);1H. The lowest BCUT2D eigenvalue weighted by molar-refractivity contribution is 0.196.